The number of carbonyl (C=O) groups excluding carboxylic acids is 1. The van der Waals surface area contributed by atoms with E-state index >= 15 is 0 Å². The fourth-order valence-corrected chi connectivity index (χ4v) is 5.11. The Morgan fingerprint density at radius 1 is 1.03 bits per heavy atom. The van der Waals surface area contributed by atoms with Gasteiger partial charge in [-0.25, -0.2) is 4.79 Å². The molecule has 8 heteroatoms. The molecule has 180 valence electrons. The second-order valence-corrected chi connectivity index (χ2v) is 9.74. The molecule has 0 spiro atoms. The van der Waals surface area contributed by atoms with E-state index in [2.05, 4.69) is 53.0 Å². The summed E-state index contributed by atoms with van der Waals surface area (Å²) in [5.74, 6) is -0.359. The Balaban J connectivity index is 1.43. The predicted octanol–water partition coefficient (Wildman–Crippen LogP) is 6.19. The molecular formula is C27H28N4O2S2. The third-order valence-electron chi connectivity index (χ3n) is 5.37. The molecule has 0 unspecified atom stereocenters. The summed E-state index contributed by atoms with van der Waals surface area (Å²) in [5, 5.41) is 12.0. The molecular weight excluding hydrogens is 476 g/mol. The van der Waals surface area contributed by atoms with E-state index in [-0.39, 0.29) is 5.97 Å². The molecule has 4 rings (SSSR count). The number of nitrogens with zero attached hydrogens (tertiary/aromatic N) is 2. The van der Waals surface area contributed by atoms with Crippen molar-refractivity contribution in [3.63, 3.8) is 0 Å². The number of aryl methyl sites for hydroxylation is 2. The highest BCUT2D eigenvalue weighted by molar-refractivity contribution is 7.80. The molecule has 0 atom stereocenters. The van der Waals surface area contributed by atoms with Crippen LogP contribution in [0.1, 0.15) is 44.7 Å². The van der Waals surface area contributed by atoms with Crippen molar-refractivity contribution in [1.82, 2.24) is 9.78 Å². The first-order valence-electron chi connectivity index (χ1n) is 11.4. The van der Waals surface area contributed by atoms with Gasteiger partial charge in [0.25, 0.3) is 0 Å². The van der Waals surface area contributed by atoms with Gasteiger partial charge in [-0.15, -0.1) is 11.3 Å². The first kappa shape index (κ1) is 24.6. The molecule has 2 aromatic heterocycles. The van der Waals surface area contributed by atoms with Crippen LogP contribution in [0.5, 0.6) is 0 Å². The number of hydrogen-bond donors (Lipinski definition) is 2. The molecule has 2 N–H and O–H groups in total. The summed E-state index contributed by atoms with van der Waals surface area (Å²) in [6, 6.07) is 22.2. The maximum absolute atomic E-state index is 12.6. The van der Waals surface area contributed by atoms with Crippen molar-refractivity contribution < 1.29 is 9.53 Å². The van der Waals surface area contributed by atoms with Crippen LogP contribution in [0.3, 0.4) is 0 Å². The molecule has 35 heavy (non-hydrogen) atoms. The zero-order valence-corrected chi connectivity index (χ0v) is 21.6. The molecule has 6 nitrogen and oxygen atoms in total. The Labute approximate surface area is 215 Å². The standard InChI is InChI=1S/C27H28N4O2S2/c1-4-33-26(32)24-16-23(15-20-8-6-5-7-9-20)35-25(24)29-27(34)28-22-12-10-21(11-13-22)17-31-19(3)14-18(2)30-31/h5-14,16H,4,15,17H2,1-3H3,(H2,28,29,34). The molecule has 0 radical (unpaired) electrons. The van der Waals surface area contributed by atoms with Crippen LogP contribution in [0.25, 0.3) is 0 Å². The fraction of sp³-hybridized carbons (Fsp3) is 0.222. The summed E-state index contributed by atoms with van der Waals surface area (Å²) in [7, 11) is 0. The molecule has 0 aliphatic heterocycles. The third-order valence-corrected chi connectivity index (χ3v) is 6.63. The molecule has 0 bridgehead atoms. The molecule has 0 aliphatic carbocycles. The van der Waals surface area contributed by atoms with E-state index in [9.17, 15) is 4.79 Å². The molecule has 0 aliphatic rings. The van der Waals surface area contributed by atoms with E-state index < -0.39 is 0 Å². The van der Waals surface area contributed by atoms with Gasteiger partial charge in [-0.1, -0.05) is 42.5 Å². The largest absolute Gasteiger partial charge is 0.462 e. The highest BCUT2D eigenvalue weighted by atomic mass is 32.1. The van der Waals surface area contributed by atoms with Gasteiger partial charge in [-0.05, 0) is 68.4 Å². The summed E-state index contributed by atoms with van der Waals surface area (Å²) in [6.45, 7) is 6.88. The molecule has 0 amide bonds. The number of benzene rings is 2. The monoisotopic (exact) mass is 504 g/mol. The van der Waals surface area contributed by atoms with Crippen LogP contribution in [0, 0.1) is 13.8 Å². The highest BCUT2D eigenvalue weighted by Gasteiger charge is 2.18. The minimum Gasteiger partial charge on any atom is -0.462 e. The van der Waals surface area contributed by atoms with Gasteiger partial charge < -0.3 is 15.4 Å². The van der Waals surface area contributed by atoms with E-state index in [0.717, 1.165) is 33.9 Å². The summed E-state index contributed by atoms with van der Waals surface area (Å²) in [5.41, 5.74) is 5.83. The van der Waals surface area contributed by atoms with Crippen LogP contribution in [0.4, 0.5) is 10.7 Å². The lowest BCUT2D eigenvalue weighted by Crippen LogP contribution is -2.20. The van der Waals surface area contributed by atoms with Gasteiger partial charge in [-0.2, -0.15) is 5.10 Å². The Bertz CT molecular complexity index is 1310. The second kappa shape index (κ2) is 11.3. The SMILES string of the molecule is CCOC(=O)c1cc(Cc2ccccc2)sc1NC(=S)Nc1ccc(Cn2nc(C)cc2C)cc1. The van der Waals surface area contributed by atoms with E-state index in [1.807, 2.05) is 48.0 Å². The summed E-state index contributed by atoms with van der Waals surface area (Å²) < 4.78 is 7.25. The maximum Gasteiger partial charge on any atom is 0.341 e. The number of aromatic nitrogens is 2. The van der Waals surface area contributed by atoms with Crippen molar-refractivity contribution in [3.8, 4) is 0 Å². The molecule has 0 saturated heterocycles. The van der Waals surface area contributed by atoms with E-state index in [1.165, 1.54) is 16.9 Å². The lowest BCUT2D eigenvalue weighted by atomic mass is 10.1. The predicted molar refractivity (Wildman–Crippen MR) is 147 cm³/mol. The Morgan fingerprint density at radius 3 is 2.43 bits per heavy atom. The highest BCUT2D eigenvalue weighted by Crippen LogP contribution is 2.31. The minimum atomic E-state index is -0.359. The van der Waals surface area contributed by atoms with Gasteiger partial charge in [0.2, 0.25) is 0 Å². The number of thiocarbonyl (C=S) groups is 1. The van der Waals surface area contributed by atoms with Gasteiger partial charge >= 0.3 is 5.97 Å². The maximum atomic E-state index is 12.6. The van der Waals surface area contributed by atoms with Crippen LogP contribution < -0.4 is 10.6 Å². The lowest BCUT2D eigenvalue weighted by molar-refractivity contribution is 0.0528. The van der Waals surface area contributed by atoms with Crippen LogP contribution in [0.15, 0.2) is 66.7 Å². The number of carbonyl (C=O) groups is 1. The van der Waals surface area contributed by atoms with Gasteiger partial charge in [0.15, 0.2) is 5.11 Å². The van der Waals surface area contributed by atoms with E-state index in [1.54, 1.807) is 6.92 Å². The quantitative estimate of drug-likeness (QED) is 0.220. The molecule has 0 fully saturated rings. The zero-order chi connectivity index (χ0) is 24.8. The Kier molecular flexibility index (Phi) is 7.94. The van der Waals surface area contributed by atoms with Gasteiger partial charge in [0.1, 0.15) is 5.00 Å². The van der Waals surface area contributed by atoms with Crippen LogP contribution in [0.2, 0.25) is 0 Å². The summed E-state index contributed by atoms with van der Waals surface area (Å²) in [4.78, 5) is 13.6. The van der Waals surface area contributed by atoms with Crippen LogP contribution >= 0.6 is 23.6 Å². The Hall–Kier alpha value is -3.49. The van der Waals surface area contributed by atoms with Crippen LogP contribution in [-0.2, 0) is 17.7 Å². The molecule has 2 heterocycles. The van der Waals surface area contributed by atoms with Gasteiger partial charge in [0, 0.05) is 22.7 Å². The zero-order valence-electron chi connectivity index (χ0n) is 20.0. The van der Waals surface area contributed by atoms with Gasteiger partial charge in [-0.3, -0.25) is 4.68 Å². The minimum absolute atomic E-state index is 0.314. The average molecular weight is 505 g/mol. The number of ether oxygens (including phenoxy) is 1. The second-order valence-electron chi connectivity index (χ2n) is 8.20. The number of anilines is 2. The number of nitrogens with one attached hydrogen (secondary N) is 2. The number of esters is 1. The van der Waals surface area contributed by atoms with Gasteiger partial charge in [0.05, 0.1) is 24.4 Å². The van der Waals surface area contributed by atoms with Crippen LogP contribution in [-0.4, -0.2) is 27.5 Å². The summed E-state index contributed by atoms with van der Waals surface area (Å²) >= 11 is 7.05. The van der Waals surface area contributed by atoms with Crippen molar-refractivity contribution >= 4 is 45.3 Å². The average Bonchev–Trinajstić information content (AvgIpc) is 3.37. The Morgan fingerprint density at radius 2 is 1.77 bits per heavy atom. The van der Waals surface area contributed by atoms with Crippen molar-refractivity contribution in [1.29, 1.82) is 0 Å². The first-order valence-corrected chi connectivity index (χ1v) is 12.7. The normalized spacial score (nSPS) is 10.7. The molecule has 4 aromatic rings. The lowest BCUT2D eigenvalue weighted by Gasteiger charge is -2.11. The van der Waals surface area contributed by atoms with Crippen molar-refractivity contribution in [3.05, 3.63) is 99.7 Å². The topological polar surface area (TPSA) is 68.2 Å². The molecule has 2 aromatic carbocycles. The molecule has 0 saturated carbocycles. The smallest absolute Gasteiger partial charge is 0.341 e. The van der Waals surface area contributed by atoms with Crippen molar-refractivity contribution in [2.75, 3.05) is 17.2 Å². The van der Waals surface area contributed by atoms with E-state index in [4.69, 9.17) is 17.0 Å². The van der Waals surface area contributed by atoms with Crippen molar-refractivity contribution in [2.24, 2.45) is 0 Å². The number of hydrogen-bond acceptors (Lipinski definition) is 5. The van der Waals surface area contributed by atoms with Crippen molar-refractivity contribution in [2.45, 2.75) is 33.7 Å². The summed E-state index contributed by atoms with van der Waals surface area (Å²) in [6.07, 6.45) is 0.733. The number of thiophene rings is 1. The number of rotatable bonds is 8. The third kappa shape index (κ3) is 6.55. The van der Waals surface area contributed by atoms with E-state index in [0.29, 0.717) is 28.8 Å². The fourth-order valence-electron chi connectivity index (χ4n) is 3.75. The first-order chi connectivity index (χ1) is 16.9.